The van der Waals surface area contributed by atoms with Crippen LogP contribution in [0.4, 0.5) is 5.82 Å². The molecule has 0 amide bonds. The maximum Gasteiger partial charge on any atom is 0.151 e. The summed E-state index contributed by atoms with van der Waals surface area (Å²) in [6.45, 7) is 0.905. The number of piperidine rings is 1. The van der Waals surface area contributed by atoms with Crippen molar-refractivity contribution in [2.24, 2.45) is 0 Å². The van der Waals surface area contributed by atoms with Crippen LogP contribution in [0.1, 0.15) is 19.3 Å². The summed E-state index contributed by atoms with van der Waals surface area (Å²) in [5.74, 6) is 0.810. The molecule has 2 rings (SSSR count). The summed E-state index contributed by atoms with van der Waals surface area (Å²) < 4.78 is 0. The summed E-state index contributed by atoms with van der Waals surface area (Å²) in [6.07, 6.45) is 5.83. The number of rotatable bonds is 2. The predicted octanol–water partition coefficient (Wildman–Crippen LogP) is 1.03. The zero-order valence-corrected chi connectivity index (χ0v) is 7.97. The summed E-state index contributed by atoms with van der Waals surface area (Å²) in [5.41, 5.74) is 0. The Bertz CT molecular complexity index is 301. The summed E-state index contributed by atoms with van der Waals surface area (Å²) in [7, 11) is 0. The van der Waals surface area contributed by atoms with E-state index < -0.39 is 0 Å². The lowest BCUT2D eigenvalue weighted by Crippen LogP contribution is -2.41. The zero-order valence-electron chi connectivity index (χ0n) is 7.97. The molecule has 1 aromatic heterocycles. The fourth-order valence-electron chi connectivity index (χ4n) is 1.83. The Kier molecular flexibility index (Phi) is 2.72. The van der Waals surface area contributed by atoms with Crippen molar-refractivity contribution in [3.63, 3.8) is 0 Å². The monoisotopic (exact) mass is 191 g/mol. The molecule has 0 N–H and O–H groups in total. The van der Waals surface area contributed by atoms with Gasteiger partial charge in [-0.2, -0.15) is 5.10 Å². The zero-order chi connectivity index (χ0) is 9.80. The van der Waals surface area contributed by atoms with Crippen LogP contribution in [0.3, 0.4) is 0 Å². The van der Waals surface area contributed by atoms with Crippen molar-refractivity contribution in [1.82, 2.24) is 10.2 Å². The van der Waals surface area contributed by atoms with E-state index in [4.69, 9.17) is 0 Å². The van der Waals surface area contributed by atoms with E-state index >= 15 is 0 Å². The lowest BCUT2D eigenvalue weighted by molar-refractivity contribution is -0.109. The van der Waals surface area contributed by atoms with E-state index in [-0.39, 0.29) is 6.04 Å². The summed E-state index contributed by atoms with van der Waals surface area (Å²) >= 11 is 0. The second-order valence-corrected chi connectivity index (χ2v) is 3.47. The van der Waals surface area contributed by atoms with Gasteiger partial charge in [0, 0.05) is 12.7 Å². The molecule has 0 aliphatic carbocycles. The molecule has 0 radical (unpaired) electrons. The molecule has 2 heterocycles. The van der Waals surface area contributed by atoms with Crippen LogP contribution in [0.2, 0.25) is 0 Å². The Labute approximate surface area is 82.9 Å². The normalized spacial score (nSPS) is 22.0. The Morgan fingerprint density at radius 1 is 1.50 bits per heavy atom. The van der Waals surface area contributed by atoms with Crippen molar-refractivity contribution in [3.8, 4) is 0 Å². The molecule has 0 saturated carbocycles. The van der Waals surface area contributed by atoms with E-state index in [1.165, 1.54) is 0 Å². The number of carbonyl (C=O) groups excluding carboxylic acids is 1. The molecule has 1 fully saturated rings. The lowest BCUT2D eigenvalue weighted by Gasteiger charge is -2.32. The van der Waals surface area contributed by atoms with Gasteiger partial charge in [0.05, 0.1) is 6.04 Å². The van der Waals surface area contributed by atoms with Crippen LogP contribution in [-0.4, -0.2) is 29.1 Å². The first-order valence-electron chi connectivity index (χ1n) is 4.91. The molecule has 0 spiro atoms. The van der Waals surface area contributed by atoms with E-state index in [0.29, 0.717) is 0 Å². The van der Waals surface area contributed by atoms with E-state index in [9.17, 15) is 4.79 Å². The molecule has 1 aliphatic rings. The third-order valence-electron chi connectivity index (χ3n) is 2.56. The number of hydrogen-bond acceptors (Lipinski definition) is 4. The second-order valence-electron chi connectivity index (χ2n) is 3.47. The molecule has 1 unspecified atom stereocenters. The summed E-state index contributed by atoms with van der Waals surface area (Å²) in [6, 6.07) is 3.73. The number of nitrogens with zero attached hydrogens (tertiary/aromatic N) is 3. The standard InChI is InChI=1S/C10H13N3O/c14-8-9-4-1-2-7-13(9)10-5-3-6-11-12-10/h3,5-6,8-9H,1-2,4,7H2. The summed E-state index contributed by atoms with van der Waals surface area (Å²) in [4.78, 5) is 12.9. The van der Waals surface area contributed by atoms with Crippen LogP contribution >= 0.6 is 0 Å². The quantitative estimate of drug-likeness (QED) is 0.655. The first kappa shape index (κ1) is 9.12. The van der Waals surface area contributed by atoms with Crippen LogP contribution in [0.25, 0.3) is 0 Å². The van der Waals surface area contributed by atoms with Crippen molar-refractivity contribution in [2.45, 2.75) is 25.3 Å². The highest BCUT2D eigenvalue weighted by Gasteiger charge is 2.22. The Morgan fingerprint density at radius 3 is 3.14 bits per heavy atom. The van der Waals surface area contributed by atoms with E-state index in [0.717, 1.165) is 37.9 Å². The third-order valence-corrected chi connectivity index (χ3v) is 2.56. The number of hydrogen-bond donors (Lipinski definition) is 0. The molecular weight excluding hydrogens is 178 g/mol. The maximum absolute atomic E-state index is 10.9. The van der Waals surface area contributed by atoms with Gasteiger partial charge in [0.1, 0.15) is 6.29 Å². The van der Waals surface area contributed by atoms with Crippen LogP contribution in [0.5, 0.6) is 0 Å². The van der Waals surface area contributed by atoms with Gasteiger partial charge in [0.2, 0.25) is 0 Å². The highest BCUT2D eigenvalue weighted by molar-refractivity contribution is 5.64. The Hall–Kier alpha value is -1.45. The molecule has 14 heavy (non-hydrogen) atoms. The average Bonchev–Trinajstić information content (AvgIpc) is 2.30. The fourth-order valence-corrected chi connectivity index (χ4v) is 1.83. The van der Waals surface area contributed by atoms with Crippen LogP contribution in [-0.2, 0) is 4.79 Å². The van der Waals surface area contributed by atoms with Crippen LogP contribution in [0, 0.1) is 0 Å². The van der Waals surface area contributed by atoms with Crippen molar-refractivity contribution in [3.05, 3.63) is 18.3 Å². The molecule has 0 bridgehead atoms. The summed E-state index contributed by atoms with van der Waals surface area (Å²) in [5, 5.41) is 7.84. The van der Waals surface area contributed by atoms with Gasteiger partial charge in [-0.1, -0.05) is 0 Å². The number of anilines is 1. The van der Waals surface area contributed by atoms with Gasteiger partial charge in [0.25, 0.3) is 0 Å². The van der Waals surface area contributed by atoms with Gasteiger partial charge in [-0.3, -0.25) is 0 Å². The average molecular weight is 191 g/mol. The number of aromatic nitrogens is 2. The minimum Gasteiger partial charge on any atom is -0.345 e. The molecule has 4 heteroatoms. The molecule has 0 aromatic carbocycles. The largest absolute Gasteiger partial charge is 0.345 e. The maximum atomic E-state index is 10.9. The fraction of sp³-hybridized carbons (Fsp3) is 0.500. The third kappa shape index (κ3) is 1.73. The molecular formula is C10H13N3O. The van der Waals surface area contributed by atoms with Gasteiger partial charge in [-0.25, -0.2) is 0 Å². The molecule has 1 atom stereocenters. The number of aldehydes is 1. The highest BCUT2D eigenvalue weighted by Crippen LogP contribution is 2.20. The van der Waals surface area contributed by atoms with Gasteiger partial charge in [-0.05, 0) is 31.4 Å². The number of carbonyl (C=O) groups is 1. The highest BCUT2D eigenvalue weighted by atomic mass is 16.1. The second kappa shape index (κ2) is 4.17. The Morgan fingerprint density at radius 2 is 2.43 bits per heavy atom. The topological polar surface area (TPSA) is 46.1 Å². The van der Waals surface area contributed by atoms with Crippen molar-refractivity contribution in [1.29, 1.82) is 0 Å². The molecule has 4 nitrogen and oxygen atoms in total. The minimum absolute atomic E-state index is 0.0135. The van der Waals surface area contributed by atoms with Crippen LogP contribution < -0.4 is 4.90 Å². The van der Waals surface area contributed by atoms with E-state index in [2.05, 4.69) is 10.2 Å². The predicted molar refractivity (Wildman–Crippen MR) is 53.1 cm³/mol. The molecule has 1 aromatic rings. The first-order chi connectivity index (χ1) is 6.92. The first-order valence-corrected chi connectivity index (χ1v) is 4.91. The van der Waals surface area contributed by atoms with Crippen molar-refractivity contribution in [2.75, 3.05) is 11.4 Å². The van der Waals surface area contributed by atoms with E-state index in [1.54, 1.807) is 6.20 Å². The lowest BCUT2D eigenvalue weighted by atomic mass is 10.0. The van der Waals surface area contributed by atoms with E-state index in [1.807, 2.05) is 17.0 Å². The molecule has 1 saturated heterocycles. The Balaban J connectivity index is 2.19. The van der Waals surface area contributed by atoms with Crippen LogP contribution in [0.15, 0.2) is 18.3 Å². The molecule has 74 valence electrons. The smallest absolute Gasteiger partial charge is 0.151 e. The van der Waals surface area contributed by atoms with Gasteiger partial charge in [0.15, 0.2) is 5.82 Å². The minimum atomic E-state index is -0.0135. The van der Waals surface area contributed by atoms with Crippen molar-refractivity contribution >= 4 is 12.1 Å². The molecule has 1 aliphatic heterocycles. The van der Waals surface area contributed by atoms with Gasteiger partial charge >= 0.3 is 0 Å². The SMILES string of the molecule is O=CC1CCCCN1c1cccnn1. The van der Waals surface area contributed by atoms with Gasteiger partial charge < -0.3 is 9.69 Å². The van der Waals surface area contributed by atoms with Crippen molar-refractivity contribution < 1.29 is 4.79 Å². The van der Waals surface area contributed by atoms with Gasteiger partial charge in [-0.15, -0.1) is 5.10 Å².